The molecule has 1 amide bonds. The number of hydrogen-bond acceptors (Lipinski definition) is 4. The second kappa shape index (κ2) is 9.37. The Morgan fingerprint density at radius 2 is 1.86 bits per heavy atom. The summed E-state index contributed by atoms with van der Waals surface area (Å²) in [7, 11) is 3.70. The average molecular weight is 380 g/mol. The Morgan fingerprint density at radius 1 is 1.11 bits per heavy atom. The van der Waals surface area contributed by atoms with Gasteiger partial charge in [0.15, 0.2) is 0 Å². The van der Waals surface area contributed by atoms with Crippen LogP contribution in [0.5, 0.6) is 5.75 Å². The molecule has 6 heteroatoms. The van der Waals surface area contributed by atoms with Gasteiger partial charge in [-0.1, -0.05) is 25.1 Å². The van der Waals surface area contributed by atoms with Crippen molar-refractivity contribution in [2.75, 3.05) is 40.3 Å². The molecule has 0 spiro atoms. The summed E-state index contributed by atoms with van der Waals surface area (Å²) >= 11 is 0. The normalized spacial score (nSPS) is 15.4. The second-order valence-electron chi connectivity index (χ2n) is 6.94. The Labute approximate surface area is 166 Å². The first-order valence-corrected chi connectivity index (χ1v) is 9.65. The van der Waals surface area contributed by atoms with Gasteiger partial charge in [-0.2, -0.15) is 0 Å². The summed E-state index contributed by atoms with van der Waals surface area (Å²) in [5.41, 5.74) is 2.61. The molecule has 1 aliphatic heterocycles. The van der Waals surface area contributed by atoms with Crippen molar-refractivity contribution in [3.05, 3.63) is 59.7 Å². The van der Waals surface area contributed by atoms with E-state index in [4.69, 9.17) is 9.73 Å². The molecule has 1 N–H and O–H groups in total. The quantitative estimate of drug-likeness (QED) is 0.655. The van der Waals surface area contributed by atoms with Crippen molar-refractivity contribution in [2.24, 2.45) is 4.99 Å². The van der Waals surface area contributed by atoms with Gasteiger partial charge in [0.05, 0.1) is 12.8 Å². The molecule has 0 radical (unpaired) electrons. The SMILES string of the molecule is CCc1cccc(N=C(NC(=O)c2cccc(OC)c2)N2CCN(C)CC2)c1. The molecule has 1 saturated heterocycles. The van der Waals surface area contributed by atoms with Gasteiger partial charge in [0.2, 0.25) is 5.96 Å². The van der Waals surface area contributed by atoms with Crippen LogP contribution in [0.1, 0.15) is 22.8 Å². The van der Waals surface area contributed by atoms with E-state index in [-0.39, 0.29) is 5.91 Å². The van der Waals surface area contributed by atoms with Crippen molar-refractivity contribution in [3.63, 3.8) is 0 Å². The van der Waals surface area contributed by atoms with E-state index in [9.17, 15) is 4.79 Å². The fourth-order valence-electron chi connectivity index (χ4n) is 3.10. The standard InChI is InChI=1S/C22H28N4O2/c1-4-17-7-5-9-19(15-17)23-22(26-13-11-25(2)12-14-26)24-21(27)18-8-6-10-20(16-18)28-3/h5-10,15-16H,4,11-14H2,1-3H3,(H,23,24,27). The maximum absolute atomic E-state index is 12.9. The summed E-state index contributed by atoms with van der Waals surface area (Å²) in [6, 6.07) is 15.3. The maximum Gasteiger partial charge on any atom is 0.258 e. The molecular formula is C22H28N4O2. The highest BCUT2D eigenvalue weighted by Gasteiger charge is 2.20. The van der Waals surface area contributed by atoms with E-state index >= 15 is 0 Å². The highest BCUT2D eigenvalue weighted by atomic mass is 16.5. The molecule has 28 heavy (non-hydrogen) atoms. The minimum absolute atomic E-state index is 0.191. The molecule has 0 aromatic heterocycles. The van der Waals surface area contributed by atoms with Crippen LogP contribution in [0.2, 0.25) is 0 Å². The van der Waals surface area contributed by atoms with Gasteiger partial charge in [-0.3, -0.25) is 10.1 Å². The zero-order valence-electron chi connectivity index (χ0n) is 16.8. The van der Waals surface area contributed by atoms with Gasteiger partial charge in [0.25, 0.3) is 5.91 Å². The highest BCUT2D eigenvalue weighted by molar-refractivity contribution is 6.06. The van der Waals surface area contributed by atoms with Gasteiger partial charge in [-0.05, 0) is 49.4 Å². The van der Waals surface area contributed by atoms with Crippen molar-refractivity contribution < 1.29 is 9.53 Å². The molecule has 0 atom stereocenters. The second-order valence-corrected chi connectivity index (χ2v) is 6.94. The lowest BCUT2D eigenvalue weighted by atomic mass is 10.1. The molecule has 0 unspecified atom stereocenters. The Kier molecular flexibility index (Phi) is 6.66. The number of carbonyl (C=O) groups is 1. The topological polar surface area (TPSA) is 57.2 Å². The van der Waals surface area contributed by atoms with Gasteiger partial charge < -0.3 is 14.5 Å². The first-order valence-electron chi connectivity index (χ1n) is 9.65. The van der Waals surface area contributed by atoms with Crippen LogP contribution >= 0.6 is 0 Å². The van der Waals surface area contributed by atoms with Crippen molar-refractivity contribution in [1.29, 1.82) is 0 Å². The van der Waals surface area contributed by atoms with Gasteiger partial charge >= 0.3 is 0 Å². The third kappa shape index (κ3) is 5.10. The Balaban J connectivity index is 1.86. The first kappa shape index (κ1) is 19.9. The van der Waals surface area contributed by atoms with E-state index in [0.29, 0.717) is 17.3 Å². The zero-order valence-corrected chi connectivity index (χ0v) is 16.8. The van der Waals surface area contributed by atoms with E-state index < -0.39 is 0 Å². The Bertz CT molecular complexity index is 842. The van der Waals surface area contributed by atoms with Gasteiger partial charge in [-0.25, -0.2) is 4.99 Å². The largest absolute Gasteiger partial charge is 0.497 e. The summed E-state index contributed by atoms with van der Waals surface area (Å²) in [4.78, 5) is 22.1. The molecule has 3 rings (SSSR count). The number of nitrogens with one attached hydrogen (secondary N) is 1. The third-order valence-electron chi connectivity index (χ3n) is 4.91. The van der Waals surface area contributed by atoms with E-state index in [2.05, 4.69) is 41.2 Å². The number of carbonyl (C=O) groups excluding carboxylic acids is 1. The number of nitrogens with zero attached hydrogens (tertiary/aromatic N) is 3. The minimum atomic E-state index is -0.191. The monoisotopic (exact) mass is 380 g/mol. The number of rotatable bonds is 4. The lowest BCUT2D eigenvalue weighted by Gasteiger charge is -2.34. The number of likely N-dealkylation sites (N-methyl/N-ethyl adjacent to an activating group) is 1. The lowest BCUT2D eigenvalue weighted by Crippen LogP contribution is -2.52. The van der Waals surface area contributed by atoms with Gasteiger partial charge in [-0.15, -0.1) is 0 Å². The Hall–Kier alpha value is -2.86. The van der Waals surface area contributed by atoms with E-state index in [1.165, 1.54) is 5.56 Å². The van der Waals surface area contributed by atoms with Crippen LogP contribution in [0, 0.1) is 0 Å². The fraction of sp³-hybridized carbons (Fsp3) is 0.364. The number of ether oxygens (including phenoxy) is 1. The van der Waals surface area contributed by atoms with Crippen LogP contribution in [0.15, 0.2) is 53.5 Å². The molecule has 0 aliphatic carbocycles. The van der Waals surface area contributed by atoms with Crippen molar-refractivity contribution in [3.8, 4) is 5.75 Å². The van der Waals surface area contributed by atoms with Crippen molar-refractivity contribution in [2.45, 2.75) is 13.3 Å². The zero-order chi connectivity index (χ0) is 19.9. The third-order valence-corrected chi connectivity index (χ3v) is 4.91. The highest BCUT2D eigenvalue weighted by Crippen LogP contribution is 2.17. The van der Waals surface area contributed by atoms with Crippen LogP contribution in [0.3, 0.4) is 0 Å². The number of hydrogen-bond donors (Lipinski definition) is 1. The average Bonchev–Trinajstić information content (AvgIpc) is 2.74. The van der Waals surface area contributed by atoms with Crippen LogP contribution in [0.4, 0.5) is 5.69 Å². The molecule has 6 nitrogen and oxygen atoms in total. The van der Waals surface area contributed by atoms with Crippen LogP contribution < -0.4 is 10.1 Å². The molecule has 2 aromatic rings. The fourth-order valence-corrected chi connectivity index (χ4v) is 3.10. The molecule has 148 valence electrons. The summed E-state index contributed by atoms with van der Waals surface area (Å²) in [6.07, 6.45) is 0.948. The summed E-state index contributed by atoms with van der Waals surface area (Å²) in [5.74, 6) is 1.05. The molecule has 1 heterocycles. The summed E-state index contributed by atoms with van der Waals surface area (Å²) < 4.78 is 5.23. The molecule has 1 fully saturated rings. The summed E-state index contributed by atoms with van der Waals surface area (Å²) in [5, 5.41) is 3.02. The number of aliphatic imine (C=N–C) groups is 1. The van der Waals surface area contributed by atoms with E-state index in [1.807, 2.05) is 24.3 Å². The van der Waals surface area contributed by atoms with Gasteiger partial charge in [0.1, 0.15) is 5.75 Å². The molecule has 0 bridgehead atoms. The predicted molar refractivity (Wildman–Crippen MR) is 112 cm³/mol. The summed E-state index contributed by atoms with van der Waals surface area (Å²) in [6.45, 7) is 5.63. The number of piperazine rings is 1. The number of guanidine groups is 1. The first-order chi connectivity index (χ1) is 13.6. The molecule has 1 aliphatic rings. The number of methoxy groups -OCH3 is 1. The smallest absolute Gasteiger partial charge is 0.258 e. The van der Waals surface area contributed by atoms with Crippen molar-refractivity contribution in [1.82, 2.24) is 15.1 Å². The Morgan fingerprint density at radius 3 is 2.57 bits per heavy atom. The van der Waals surface area contributed by atoms with Crippen LogP contribution in [0.25, 0.3) is 0 Å². The van der Waals surface area contributed by atoms with E-state index in [1.54, 1.807) is 19.2 Å². The van der Waals surface area contributed by atoms with Gasteiger partial charge in [0, 0.05) is 31.7 Å². The molecular weight excluding hydrogens is 352 g/mol. The lowest BCUT2D eigenvalue weighted by molar-refractivity contribution is 0.0969. The van der Waals surface area contributed by atoms with E-state index in [0.717, 1.165) is 38.3 Å². The maximum atomic E-state index is 12.9. The molecule has 0 saturated carbocycles. The predicted octanol–water partition coefficient (Wildman–Crippen LogP) is 2.92. The number of aryl methyl sites for hydroxylation is 1. The number of amides is 1. The van der Waals surface area contributed by atoms with Crippen molar-refractivity contribution >= 4 is 17.6 Å². The van der Waals surface area contributed by atoms with Crippen LogP contribution in [-0.4, -0.2) is 62.0 Å². The molecule has 2 aromatic carbocycles. The number of benzene rings is 2. The van der Waals surface area contributed by atoms with Crippen LogP contribution in [-0.2, 0) is 6.42 Å². The minimum Gasteiger partial charge on any atom is -0.497 e.